The Kier molecular flexibility index (Phi) is 5.42. The summed E-state index contributed by atoms with van der Waals surface area (Å²) in [5, 5.41) is 12.3. The fraction of sp³-hybridized carbons (Fsp3) is 0.278. The Morgan fingerprint density at radius 2 is 2.05 bits per heavy atom. The van der Waals surface area contributed by atoms with Gasteiger partial charge in [-0.2, -0.15) is 0 Å². The van der Waals surface area contributed by atoms with E-state index in [-0.39, 0.29) is 5.56 Å². The standard InChI is InChI=1S/C18H21NO3/c1-3-9-22-16-6-4-5-14(10-16)12-19-17-11-15(18(20)21)8-7-13(17)2/h4-8,10-11,19H,3,9,12H2,1-2H3,(H,20,21). The summed E-state index contributed by atoms with van der Waals surface area (Å²) in [6.45, 7) is 5.35. The summed E-state index contributed by atoms with van der Waals surface area (Å²) in [4.78, 5) is 11.0. The average molecular weight is 299 g/mol. The van der Waals surface area contributed by atoms with Crippen molar-refractivity contribution in [2.24, 2.45) is 0 Å². The van der Waals surface area contributed by atoms with E-state index in [9.17, 15) is 4.79 Å². The Balaban J connectivity index is 2.06. The molecule has 0 radical (unpaired) electrons. The summed E-state index contributed by atoms with van der Waals surface area (Å²) >= 11 is 0. The van der Waals surface area contributed by atoms with Crippen LogP contribution in [0.1, 0.15) is 34.8 Å². The molecule has 0 aromatic heterocycles. The summed E-state index contributed by atoms with van der Waals surface area (Å²) in [6, 6.07) is 13.0. The molecule has 4 nitrogen and oxygen atoms in total. The molecule has 0 aliphatic heterocycles. The first-order valence-corrected chi connectivity index (χ1v) is 7.39. The van der Waals surface area contributed by atoms with E-state index in [0.29, 0.717) is 13.2 Å². The molecule has 0 heterocycles. The van der Waals surface area contributed by atoms with Crippen LogP contribution in [0.5, 0.6) is 5.75 Å². The lowest BCUT2D eigenvalue weighted by Crippen LogP contribution is -2.04. The summed E-state index contributed by atoms with van der Waals surface area (Å²) in [6.07, 6.45) is 0.976. The first-order valence-electron chi connectivity index (χ1n) is 7.39. The van der Waals surface area contributed by atoms with Crippen molar-refractivity contribution in [1.82, 2.24) is 0 Å². The lowest BCUT2D eigenvalue weighted by molar-refractivity contribution is 0.0697. The number of hydrogen-bond donors (Lipinski definition) is 2. The van der Waals surface area contributed by atoms with Gasteiger partial charge >= 0.3 is 5.97 Å². The second-order valence-electron chi connectivity index (χ2n) is 5.18. The highest BCUT2D eigenvalue weighted by Crippen LogP contribution is 2.19. The van der Waals surface area contributed by atoms with Crippen molar-refractivity contribution < 1.29 is 14.6 Å². The number of aromatic carboxylic acids is 1. The lowest BCUT2D eigenvalue weighted by atomic mass is 10.1. The molecule has 2 N–H and O–H groups in total. The van der Waals surface area contributed by atoms with Gasteiger partial charge in [-0.05, 0) is 48.7 Å². The second kappa shape index (κ2) is 7.50. The van der Waals surface area contributed by atoms with E-state index < -0.39 is 5.97 Å². The minimum Gasteiger partial charge on any atom is -0.494 e. The number of ether oxygens (including phenoxy) is 1. The molecule has 0 atom stereocenters. The summed E-state index contributed by atoms with van der Waals surface area (Å²) in [5.41, 5.74) is 3.23. The summed E-state index contributed by atoms with van der Waals surface area (Å²) in [7, 11) is 0. The van der Waals surface area contributed by atoms with Crippen molar-refractivity contribution >= 4 is 11.7 Å². The molecular formula is C18H21NO3. The number of hydrogen-bond acceptors (Lipinski definition) is 3. The van der Waals surface area contributed by atoms with Gasteiger partial charge in [0, 0.05) is 12.2 Å². The van der Waals surface area contributed by atoms with Gasteiger partial charge in [-0.1, -0.05) is 25.1 Å². The average Bonchev–Trinajstić information content (AvgIpc) is 2.52. The number of anilines is 1. The zero-order valence-electron chi connectivity index (χ0n) is 12.9. The Morgan fingerprint density at radius 1 is 1.23 bits per heavy atom. The van der Waals surface area contributed by atoms with Crippen LogP contribution >= 0.6 is 0 Å². The van der Waals surface area contributed by atoms with Gasteiger partial charge in [0.05, 0.1) is 12.2 Å². The number of rotatable bonds is 7. The fourth-order valence-corrected chi connectivity index (χ4v) is 2.11. The Labute approximate surface area is 130 Å². The van der Waals surface area contributed by atoms with Crippen LogP contribution < -0.4 is 10.1 Å². The molecule has 22 heavy (non-hydrogen) atoms. The predicted molar refractivity (Wildman–Crippen MR) is 87.7 cm³/mol. The van der Waals surface area contributed by atoms with Gasteiger partial charge in [-0.15, -0.1) is 0 Å². The maximum Gasteiger partial charge on any atom is 0.335 e. The third kappa shape index (κ3) is 4.25. The van der Waals surface area contributed by atoms with Crippen LogP contribution in [0.15, 0.2) is 42.5 Å². The molecule has 2 aromatic rings. The van der Waals surface area contributed by atoms with Gasteiger partial charge < -0.3 is 15.2 Å². The molecule has 0 saturated carbocycles. The minimum atomic E-state index is -0.919. The van der Waals surface area contributed by atoms with Crippen LogP contribution in [0.25, 0.3) is 0 Å². The maximum absolute atomic E-state index is 11.0. The monoisotopic (exact) mass is 299 g/mol. The minimum absolute atomic E-state index is 0.285. The van der Waals surface area contributed by atoms with Crippen molar-refractivity contribution in [3.63, 3.8) is 0 Å². The highest BCUT2D eigenvalue weighted by molar-refractivity contribution is 5.89. The van der Waals surface area contributed by atoms with Crippen LogP contribution in [0.3, 0.4) is 0 Å². The van der Waals surface area contributed by atoms with E-state index in [1.165, 1.54) is 0 Å². The van der Waals surface area contributed by atoms with E-state index in [4.69, 9.17) is 9.84 Å². The predicted octanol–water partition coefficient (Wildman–Crippen LogP) is 4.09. The van der Waals surface area contributed by atoms with Crippen molar-refractivity contribution in [1.29, 1.82) is 0 Å². The number of carboxylic acids is 1. The molecule has 2 rings (SSSR count). The molecule has 0 unspecified atom stereocenters. The molecule has 0 aliphatic carbocycles. The van der Waals surface area contributed by atoms with Gasteiger partial charge in [0.15, 0.2) is 0 Å². The van der Waals surface area contributed by atoms with Crippen LogP contribution in [0.2, 0.25) is 0 Å². The molecule has 0 spiro atoms. The molecular weight excluding hydrogens is 278 g/mol. The molecule has 0 bridgehead atoms. The van der Waals surface area contributed by atoms with E-state index in [1.807, 2.05) is 37.3 Å². The van der Waals surface area contributed by atoms with Crippen LogP contribution in [-0.2, 0) is 6.54 Å². The van der Waals surface area contributed by atoms with Gasteiger partial charge in [0.1, 0.15) is 5.75 Å². The first kappa shape index (κ1) is 15.9. The number of benzene rings is 2. The molecule has 4 heteroatoms. The Morgan fingerprint density at radius 3 is 2.77 bits per heavy atom. The lowest BCUT2D eigenvalue weighted by Gasteiger charge is -2.12. The highest BCUT2D eigenvalue weighted by atomic mass is 16.5. The number of nitrogens with one attached hydrogen (secondary N) is 1. The molecule has 116 valence electrons. The quantitative estimate of drug-likeness (QED) is 0.808. The zero-order chi connectivity index (χ0) is 15.9. The third-order valence-electron chi connectivity index (χ3n) is 3.34. The molecule has 2 aromatic carbocycles. The van der Waals surface area contributed by atoms with Crippen molar-refractivity contribution in [3.05, 3.63) is 59.2 Å². The van der Waals surface area contributed by atoms with Crippen LogP contribution in [0.4, 0.5) is 5.69 Å². The highest BCUT2D eigenvalue weighted by Gasteiger charge is 2.06. The van der Waals surface area contributed by atoms with Gasteiger partial charge in [-0.3, -0.25) is 0 Å². The fourth-order valence-electron chi connectivity index (χ4n) is 2.11. The third-order valence-corrected chi connectivity index (χ3v) is 3.34. The second-order valence-corrected chi connectivity index (χ2v) is 5.18. The Hall–Kier alpha value is -2.49. The molecule has 0 amide bonds. The summed E-state index contributed by atoms with van der Waals surface area (Å²) in [5.74, 6) is -0.0600. The van der Waals surface area contributed by atoms with E-state index in [0.717, 1.165) is 29.0 Å². The molecule has 0 saturated heterocycles. The maximum atomic E-state index is 11.0. The van der Waals surface area contributed by atoms with Gasteiger partial charge in [-0.25, -0.2) is 4.79 Å². The number of carbonyl (C=O) groups is 1. The number of carboxylic acid groups (broad SMARTS) is 1. The molecule has 0 aliphatic rings. The Bertz CT molecular complexity index is 653. The van der Waals surface area contributed by atoms with Crippen molar-refractivity contribution in [2.75, 3.05) is 11.9 Å². The van der Waals surface area contributed by atoms with Gasteiger partial charge in [0.2, 0.25) is 0 Å². The SMILES string of the molecule is CCCOc1cccc(CNc2cc(C(=O)O)ccc2C)c1. The smallest absolute Gasteiger partial charge is 0.335 e. The largest absolute Gasteiger partial charge is 0.494 e. The van der Waals surface area contributed by atoms with E-state index in [1.54, 1.807) is 12.1 Å². The van der Waals surface area contributed by atoms with Crippen molar-refractivity contribution in [2.45, 2.75) is 26.8 Å². The van der Waals surface area contributed by atoms with Crippen molar-refractivity contribution in [3.8, 4) is 5.75 Å². The van der Waals surface area contributed by atoms with Crippen LogP contribution in [-0.4, -0.2) is 17.7 Å². The topological polar surface area (TPSA) is 58.6 Å². The van der Waals surface area contributed by atoms with E-state index >= 15 is 0 Å². The van der Waals surface area contributed by atoms with Crippen LogP contribution in [0, 0.1) is 6.92 Å². The first-order chi connectivity index (χ1) is 10.6. The zero-order valence-corrected chi connectivity index (χ0v) is 12.9. The summed E-state index contributed by atoms with van der Waals surface area (Å²) < 4.78 is 5.62. The number of aryl methyl sites for hydroxylation is 1. The van der Waals surface area contributed by atoms with E-state index in [2.05, 4.69) is 12.2 Å². The molecule has 0 fully saturated rings. The normalized spacial score (nSPS) is 10.3. The van der Waals surface area contributed by atoms with Gasteiger partial charge in [0.25, 0.3) is 0 Å².